The molecule has 0 atom stereocenters. The fourth-order valence-electron chi connectivity index (χ4n) is 3.64. The van der Waals surface area contributed by atoms with E-state index in [1.807, 2.05) is 0 Å². The Hall–Kier alpha value is -3.90. The standard InChI is InChI=1S/C22H18F6N6O/c1-11-7-17(22(26,27)28)34-18(29-11)9-16(32-34)20(35)30-19-12(2)31-33(13(19)3)10-14-5-4-6-15(8-14)21(23,24)25/h4-9H,10H2,1-3H3,(H,30,35). The first-order chi connectivity index (χ1) is 16.2. The van der Waals surface area contributed by atoms with Gasteiger partial charge in [0.25, 0.3) is 5.91 Å². The highest BCUT2D eigenvalue weighted by Crippen LogP contribution is 2.31. The number of hydrogen-bond donors (Lipinski definition) is 1. The zero-order chi connectivity index (χ0) is 25.7. The van der Waals surface area contributed by atoms with Crippen molar-refractivity contribution in [3.63, 3.8) is 0 Å². The predicted molar refractivity (Wildman–Crippen MR) is 113 cm³/mol. The average molecular weight is 496 g/mol. The molecule has 184 valence electrons. The maximum Gasteiger partial charge on any atom is 0.433 e. The molecule has 0 aliphatic heterocycles. The summed E-state index contributed by atoms with van der Waals surface area (Å²) in [4.78, 5) is 16.8. The lowest BCUT2D eigenvalue weighted by Gasteiger charge is -2.10. The summed E-state index contributed by atoms with van der Waals surface area (Å²) in [6.07, 6.45) is -9.19. The molecule has 7 nitrogen and oxygen atoms in total. The van der Waals surface area contributed by atoms with Gasteiger partial charge in [0.2, 0.25) is 0 Å². The Morgan fingerprint density at radius 1 is 0.971 bits per heavy atom. The van der Waals surface area contributed by atoms with Crippen LogP contribution in [0, 0.1) is 20.8 Å². The summed E-state index contributed by atoms with van der Waals surface area (Å²) in [5.74, 6) is -0.786. The van der Waals surface area contributed by atoms with Crippen molar-refractivity contribution in [2.75, 3.05) is 5.32 Å². The van der Waals surface area contributed by atoms with Crippen LogP contribution in [0.5, 0.6) is 0 Å². The Morgan fingerprint density at radius 3 is 2.34 bits per heavy atom. The fourth-order valence-corrected chi connectivity index (χ4v) is 3.64. The Kier molecular flexibility index (Phi) is 5.81. The molecular formula is C22H18F6N6O. The lowest BCUT2D eigenvalue weighted by Crippen LogP contribution is -2.16. The van der Waals surface area contributed by atoms with E-state index in [2.05, 4.69) is 20.5 Å². The van der Waals surface area contributed by atoms with E-state index in [0.717, 1.165) is 24.3 Å². The average Bonchev–Trinajstić information content (AvgIpc) is 3.28. The first-order valence-electron chi connectivity index (χ1n) is 10.2. The molecule has 3 heterocycles. The van der Waals surface area contributed by atoms with E-state index < -0.39 is 29.5 Å². The number of nitrogens with one attached hydrogen (secondary N) is 1. The van der Waals surface area contributed by atoms with Gasteiger partial charge in [0.1, 0.15) is 5.69 Å². The minimum Gasteiger partial charge on any atom is -0.317 e. The minimum atomic E-state index is -4.70. The zero-order valence-corrected chi connectivity index (χ0v) is 18.6. The molecule has 0 saturated carbocycles. The van der Waals surface area contributed by atoms with Crippen molar-refractivity contribution < 1.29 is 31.1 Å². The summed E-state index contributed by atoms with van der Waals surface area (Å²) in [5.41, 5.74) is -0.741. The molecule has 0 fully saturated rings. The molecule has 4 rings (SSSR count). The molecule has 0 spiro atoms. The Balaban J connectivity index is 1.61. The second-order valence-corrected chi connectivity index (χ2v) is 7.94. The lowest BCUT2D eigenvalue weighted by atomic mass is 10.1. The molecule has 0 bridgehead atoms. The normalized spacial score (nSPS) is 12.4. The van der Waals surface area contributed by atoms with Crippen molar-refractivity contribution in [1.82, 2.24) is 24.4 Å². The van der Waals surface area contributed by atoms with Crippen LogP contribution in [0.25, 0.3) is 5.65 Å². The summed E-state index contributed by atoms with van der Waals surface area (Å²) in [5, 5.41) is 10.6. The van der Waals surface area contributed by atoms with Crippen LogP contribution in [0.4, 0.5) is 32.0 Å². The van der Waals surface area contributed by atoms with Gasteiger partial charge in [-0.3, -0.25) is 9.48 Å². The Bertz CT molecular complexity index is 1430. The molecule has 4 aromatic rings. The van der Waals surface area contributed by atoms with E-state index in [9.17, 15) is 31.1 Å². The van der Waals surface area contributed by atoms with Gasteiger partial charge in [-0.25, -0.2) is 9.50 Å². The molecule has 1 N–H and O–H groups in total. The van der Waals surface area contributed by atoms with E-state index in [1.165, 1.54) is 23.7 Å². The van der Waals surface area contributed by atoms with Crippen LogP contribution in [-0.2, 0) is 18.9 Å². The van der Waals surface area contributed by atoms with Gasteiger partial charge < -0.3 is 5.32 Å². The summed E-state index contributed by atoms with van der Waals surface area (Å²) < 4.78 is 81.1. The number of amides is 1. The predicted octanol–water partition coefficient (Wildman–Crippen LogP) is 5.19. The van der Waals surface area contributed by atoms with Gasteiger partial charge >= 0.3 is 12.4 Å². The van der Waals surface area contributed by atoms with Gasteiger partial charge in [-0.2, -0.15) is 36.5 Å². The lowest BCUT2D eigenvalue weighted by molar-refractivity contribution is -0.142. The number of carbonyl (C=O) groups is 1. The number of anilines is 1. The highest BCUT2D eigenvalue weighted by Gasteiger charge is 2.35. The Morgan fingerprint density at radius 2 is 1.69 bits per heavy atom. The number of nitrogens with zero attached hydrogens (tertiary/aromatic N) is 5. The highest BCUT2D eigenvalue weighted by molar-refractivity contribution is 6.04. The van der Waals surface area contributed by atoms with E-state index in [0.29, 0.717) is 21.5 Å². The van der Waals surface area contributed by atoms with Crippen LogP contribution >= 0.6 is 0 Å². The zero-order valence-electron chi connectivity index (χ0n) is 18.6. The molecule has 35 heavy (non-hydrogen) atoms. The molecule has 0 aliphatic carbocycles. The number of rotatable bonds is 4. The third-order valence-electron chi connectivity index (χ3n) is 5.29. The third kappa shape index (κ3) is 4.84. The highest BCUT2D eigenvalue weighted by atomic mass is 19.4. The summed E-state index contributed by atoms with van der Waals surface area (Å²) in [6.45, 7) is 4.60. The molecule has 0 unspecified atom stereocenters. The first kappa shape index (κ1) is 24.2. The van der Waals surface area contributed by atoms with Gasteiger partial charge in [-0.15, -0.1) is 0 Å². The summed E-state index contributed by atoms with van der Waals surface area (Å²) >= 11 is 0. The summed E-state index contributed by atoms with van der Waals surface area (Å²) in [7, 11) is 0. The molecule has 3 aromatic heterocycles. The van der Waals surface area contributed by atoms with Gasteiger partial charge in [0.15, 0.2) is 11.3 Å². The van der Waals surface area contributed by atoms with Crippen molar-refractivity contribution >= 4 is 17.2 Å². The van der Waals surface area contributed by atoms with Crippen molar-refractivity contribution in [2.24, 2.45) is 0 Å². The molecule has 0 aliphatic rings. The van der Waals surface area contributed by atoms with Crippen LogP contribution < -0.4 is 5.32 Å². The molecule has 0 saturated heterocycles. The third-order valence-corrected chi connectivity index (χ3v) is 5.29. The van der Waals surface area contributed by atoms with Crippen LogP contribution in [0.1, 0.15) is 44.4 Å². The van der Waals surface area contributed by atoms with Gasteiger partial charge in [-0.05, 0) is 44.5 Å². The van der Waals surface area contributed by atoms with Crippen molar-refractivity contribution in [3.05, 3.63) is 76.0 Å². The molecule has 1 aromatic carbocycles. The number of halogens is 6. The Labute approximate surface area is 194 Å². The van der Waals surface area contributed by atoms with E-state index in [1.54, 1.807) is 13.8 Å². The topological polar surface area (TPSA) is 77.1 Å². The monoisotopic (exact) mass is 496 g/mol. The van der Waals surface area contributed by atoms with E-state index >= 15 is 0 Å². The van der Waals surface area contributed by atoms with Crippen LogP contribution in [0.2, 0.25) is 0 Å². The second kappa shape index (κ2) is 8.40. The van der Waals surface area contributed by atoms with E-state index in [-0.39, 0.29) is 29.3 Å². The minimum absolute atomic E-state index is 0.0129. The number of aryl methyl sites for hydroxylation is 2. The smallest absolute Gasteiger partial charge is 0.317 e. The molecule has 1 amide bonds. The molecule has 0 radical (unpaired) electrons. The van der Waals surface area contributed by atoms with Crippen LogP contribution in [0.15, 0.2) is 36.4 Å². The van der Waals surface area contributed by atoms with Gasteiger partial charge in [-0.1, -0.05) is 12.1 Å². The number of alkyl halides is 6. The maximum atomic E-state index is 13.4. The number of carbonyl (C=O) groups excluding carboxylic acids is 1. The molecule has 13 heteroatoms. The second-order valence-electron chi connectivity index (χ2n) is 7.94. The SMILES string of the molecule is Cc1cc(C(F)(F)F)n2nc(C(=O)Nc3c(C)nn(Cc4cccc(C(F)(F)F)c4)c3C)cc2n1. The fraction of sp³-hybridized carbons (Fsp3) is 0.273. The number of aromatic nitrogens is 5. The van der Waals surface area contributed by atoms with Crippen LogP contribution in [-0.4, -0.2) is 30.3 Å². The number of fused-ring (bicyclic) bond motifs is 1. The van der Waals surface area contributed by atoms with Crippen molar-refractivity contribution in [1.29, 1.82) is 0 Å². The van der Waals surface area contributed by atoms with Crippen molar-refractivity contribution in [2.45, 2.75) is 39.7 Å². The van der Waals surface area contributed by atoms with Crippen LogP contribution in [0.3, 0.4) is 0 Å². The largest absolute Gasteiger partial charge is 0.433 e. The van der Waals surface area contributed by atoms with Gasteiger partial charge in [0.05, 0.1) is 29.2 Å². The summed E-state index contributed by atoms with van der Waals surface area (Å²) in [6, 6.07) is 6.75. The van der Waals surface area contributed by atoms with Gasteiger partial charge in [0, 0.05) is 11.8 Å². The van der Waals surface area contributed by atoms with E-state index in [4.69, 9.17) is 0 Å². The van der Waals surface area contributed by atoms with Crippen molar-refractivity contribution in [3.8, 4) is 0 Å². The number of benzene rings is 1. The quantitative estimate of drug-likeness (QED) is 0.395. The number of hydrogen-bond acceptors (Lipinski definition) is 4. The first-order valence-corrected chi connectivity index (χ1v) is 10.2. The molecular weight excluding hydrogens is 478 g/mol. The maximum absolute atomic E-state index is 13.4.